The van der Waals surface area contributed by atoms with Crippen LogP contribution < -0.4 is 0 Å². The van der Waals surface area contributed by atoms with Gasteiger partial charge < -0.3 is 9.47 Å². The van der Waals surface area contributed by atoms with Gasteiger partial charge in [-0.3, -0.25) is 0 Å². The molecule has 22 heavy (non-hydrogen) atoms. The Morgan fingerprint density at radius 2 is 1.32 bits per heavy atom. The molecule has 3 heterocycles. The topological polar surface area (TPSA) is 95.5 Å². The summed E-state index contributed by atoms with van der Waals surface area (Å²) in [4.78, 5) is 32.6. The van der Waals surface area contributed by atoms with Crippen LogP contribution in [0.3, 0.4) is 0 Å². The molecule has 0 bridgehead atoms. The summed E-state index contributed by atoms with van der Waals surface area (Å²) in [7, 11) is 0.920. The van der Waals surface area contributed by atoms with Crippen molar-refractivity contribution in [3.05, 3.63) is 35.9 Å². The summed E-state index contributed by atoms with van der Waals surface area (Å²) in [6, 6.07) is 3.08. The standard InChI is InChI=1S/C14H10N2O5S/c1-20-13(17)11-9-7(3-5-15-11)22(19)8-4-6-16-12(10(8)9)14(18)21-2/h3-6H,1-2H3. The van der Waals surface area contributed by atoms with Crippen molar-refractivity contribution >= 4 is 22.7 Å². The predicted molar refractivity (Wildman–Crippen MR) is 74.8 cm³/mol. The summed E-state index contributed by atoms with van der Waals surface area (Å²) >= 11 is 0. The number of hydrogen-bond donors (Lipinski definition) is 0. The third-order valence-corrected chi connectivity index (χ3v) is 4.71. The molecule has 0 aromatic carbocycles. The quantitative estimate of drug-likeness (QED) is 0.655. The Hall–Kier alpha value is -2.61. The number of fused-ring (bicyclic) bond motifs is 3. The zero-order valence-corrected chi connectivity index (χ0v) is 12.5. The van der Waals surface area contributed by atoms with Crippen LogP contribution in [0.15, 0.2) is 34.3 Å². The van der Waals surface area contributed by atoms with Gasteiger partial charge in [0.15, 0.2) is 11.4 Å². The van der Waals surface area contributed by atoms with Crippen molar-refractivity contribution in [2.24, 2.45) is 0 Å². The SMILES string of the molecule is COC(=O)c1nccc2c1-c1c(ccnc1C(=O)OC)S2=O. The van der Waals surface area contributed by atoms with E-state index < -0.39 is 22.7 Å². The molecule has 2 aromatic heterocycles. The van der Waals surface area contributed by atoms with E-state index >= 15 is 0 Å². The summed E-state index contributed by atoms with van der Waals surface area (Å²) in [5.41, 5.74) is 0.586. The normalized spacial score (nSPS) is 12.5. The minimum absolute atomic E-state index is 0.00902. The van der Waals surface area contributed by atoms with Crippen LogP contribution in [0.25, 0.3) is 11.1 Å². The van der Waals surface area contributed by atoms with Crippen LogP contribution in [0.1, 0.15) is 21.0 Å². The molecule has 0 spiro atoms. The van der Waals surface area contributed by atoms with Crippen molar-refractivity contribution < 1.29 is 23.3 Å². The summed E-state index contributed by atoms with van der Waals surface area (Å²) in [6.45, 7) is 0. The second-order valence-electron chi connectivity index (χ2n) is 4.32. The van der Waals surface area contributed by atoms with Gasteiger partial charge in [0, 0.05) is 23.5 Å². The zero-order valence-electron chi connectivity index (χ0n) is 11.7. The fourth-order valence-corrected chi connectivity index (χ4v) is 3.68. The minimum atomic E-state index is -1.53. The molecule has 1 aliphatic heterocycles. The molecule has 0 N–H and O–H groups in total. The van der Waals surface area contributed by atoms with E-state index in [2.05, 4.69) is 9.97 Å². The lowest BCUT2D eigenvalue weighted by Crippen LogP contribution is -2.10. The Morgan fingerprint density at radius 1 is 0.909 bits per heavy atom. The van der Waals surface area contributed by atoms with E-state index in [1.165, 1.54) is 26.6 Å². The van der Waals surface area contributed by atoms with E-state index in [4.69, 9.17) is 9.47 Å². The number of aromatic nitrogens is 2. The molecular formula is C14H10N2O5S. The highest BCUT2D eigenvalue weighted by Gasteiger charge is 2.35. The summed E-state index contributed by atoms with van der Waals surface area (Å²) in [5.74, 6) is -1.36. The van der Waals surface area contributed by atoms with Crippen LogP contribution in [0.5, 0.6) is 0 Å². The Kier molecular flexibility index (Phi) is 3.45. The van der Waals surface area contributed by atoms with E-state index in [9.17, 15) is 13.8 Å². The number of methoxy groups -OCH3 is 2. The number of nitrogens with zero attached hydrogens (tertiary/aromatic N) is 2. The second-order valence-corrected chi connectivity index (χ2v) is 5.73. The minimum Gasteiger partial charge on any atom is -0.464 e. The van der Waals surface area contributed by atoms with Gasteiger partial charge in [-0.25, -0.2) is 23.8 Å². The molecule has 0 saturated heterocycles. The average Bonchev–Trinajstić information content (AvgIpc) is 2.86. The Morgan fingerprint density at radius 3 is 1.68 bits per heavy atom. The maximum Gasteiger partial charge on any atom is 0.357 e. The molecule has 0 aliphatic carbocycles. The lowest BCUT2D eigenvalue weighted by atomic mass is 10.0. The van der Waals surface area contributed by atoms with E-state index in [1.54, 1.807) is 12.1 Å². The van der Waals surface area contributed by atoms with Crippen LogP contribution in [0.4, 0.5) is 0 Å². The van der Waals surface area contributed by atoms with Crippen molar-refractivity contribution in [3.63, 3.8) is 0 Å². The zero-order chi connectivity index (χ0) is 15.9. The number of pyridine rings is 2. The van der Waals surface area contributed by atoms with Crippen molar-refractivity contribution in [2.45, 2.75) is 9.79 Å². The van der Waals surface area contributed by atoms with Crippen molar-refractivity contribution in [1.29, 1.82) is 0 Å². The maximum absolute atomic E-state index is 12.6. The van der Waals surface area contributed by atoms with Crippen molar-refractivity contribution in [2.75, 3.05) is 14.2 Å². The van der Waals surface area contributed by atoms with Gasteiger partial charge in [0.05, 0.1) is 34.8 Å². The molecule has 0 fully saturated rings. The van der Waals surface area contributed by atoms with Gasteiger partial charge in [0.1, 0.15) is 0 Å². The van der Waals surface area contributed by atoms with Crippen LogP contribution in [0, 0.1) is 0 Å². The van der Waals surface area contributed by atoms with Crippen molar-refractivity contribution in [1.82, 2.24) is 9.97 Å². The molecule has 8 heteroatoms. The number of ether oxygens (including phenoxy) is 2. The van der Waals surface area contributed by atoms with Crippen LogP contribution in [0.2, 0.25) is 0 Å². The van der Waals surface area contributed by atoms with Crippen LogP contribution in [-0.2, 0) is 20.3 Å². The molecule has 0 amide bonds. The Labute approximate surface area is 127 Å². The van der Waals surface area contributed by atoms with Gasteiger partial charge in [-0.05, 0) is 12.1 Å². The third kappa shape index (κ3) is 1.92. The first-order valence-electron chi connectivity index (χ1n) is 6.17. The van der Waals surface area contributed by atoms with Gasteiger partial charge in [-0.2, -0.15) is 0 Å². The van der Waals surface area contributed by atoms with E-state index in [-0.39, 0.29) is 11.4 Å². The predicted octanol–water partition coefficient (Wildman–Crippen LogP) is 1.20. The average molecular weight is 318 g/mol. The molecule has 7 nitrogen and oxygen atoms in total. The number of carbonyl (C=O) groups excluding carboxylic acids is 2. The smallest absolute Gasteiger partial charge is 0.357 e. The van der Waals surface area contributed by atoms with Crippen molar-refractivity contribution in [3.8, 4) is 11.1 Å². The van der Waals surface area contributed by atoms with Gasteiger partial charge >= 0.3 is 11.9 Å². The Bertz CT molecular complexity index is 766. The molecule has 0 radical (unpaired) electrons. The first-order valence-corrected chi connectivity index (χ1v) is 7.32. The first kappa shape index (κ1) is 14.3. The number of hydrogen-bond acceptors (Lipinski definition) is 7. The lowest BCUT2D eigenvalue weighted by Gasteiger charge is -2.08. The van der Waals surface area contributed by atoms with E-state index in [0.29, 0.717) is 20.9 Å². The van der Waals surface area contributed by atoms with Gasteiger partial charge in [0.2, 0.25) is 0 Å². The molecular weight excluding hydrogens is 308 g/mol. The highest BCUT2D eigenvalue weighted by atomic mass is 32.2. The lowest BCUT2D eigenvalue weighted by molar-refractivity contribution is 0.0583. The number of esters is 2. The molecule has 112 valence electrons. The third-order valence-electron chi connectivity index (χ3n) is 3.23. The summed E-state index contributed by atoms with van der Waals surface area (Å²) in [5, 5.41) is 0. The number of rotatable bonds is 2. The Balaban J connectivity index is 2.38. The second kappa shape index (κ2) is 5.30. The highest BCUT2D eigenvalue weighted by Crippen LogP contribution is 2.43. The van der Waals surface area contributed by atoms with Gasteiger partial charge in [-0.15, -0.1) is 0 Å². The molecule has 2 aromatic rings. The summed E-state index contributed by atoms with van der Waals surface area (Å²) in [6.07, 6.45) is 2.75. The molecule has 1 aliphatic rings. The van der Waals surface area contributed by atoms with Gasteiger partial charge in [-0.1, -0.05) is 0 Å². The fourth-order valence-electron chi connectivity index (χ4n) is 2.30. The monoisotopic (exact) mass is 318 g/mol. The maximum atomic E-state index is 12.6. The molecule has 0 unspecified atom stereocenters. The number of carbonyl (C=O) groups is 2. The molecule has 0 saturated carbocycles. The van der Waals surface area contributed by atoms with E-state index in [1.807, 2.05) is 0 Å². The fraction of sp³-hybridized carbons (Fsp3) is 0.143. The largest absolute Gasteiger partial charge is 0.464 e. The van der Waals surface area contributed by atoms with Gasteiger partial charge in [0.25, 0.3) is 0 Å². The summed E-state index contributed by atoms with van der Waals surface area (Å²) < 4.78 is 22.0. The highest BCUT2D eigenvalue weighted by molar-refractivity contribution is 7.85. The molecule has 0 atom stereocenters. The van der Waals surface area contributed by atoms with E-state index in [0.717, 1.165) is 0 Å². The van der Waals surface area contributed by atoms with Crippen LogP contribution in [-0.4, -0.2) is 40.3 Å². The first-order chi connectivity index (χ1) is 10.6. The molecule has 3 rings (SSSR count). The van der Waals surface area contributed by atoms with Crippen LogP contribution >= 0.6 is 0 Å².